The summed E-state index contributed by atoms with van der Waals surface area (Å²) < 4.78 is 7.81. The maximum Gasteiger partial charge on any atom is 0.159 e. The van der Waals surface area contributed by atoms with Crippen LogP contribution < -0.4 is 0 Å². The lowest BCUT2D eigenvalue weighted by Gasteiger charge is -2.58. The zero-order chi connectivity index (χ0) is 31.0. The Kier molecular flexibility index (Phi) is 7.19. The Labute approximate surface area is 267 Å². The van der Waals surface area contributed by atoms with Crippen LogP contribution in [0.3, 0.4) is 0 Å². The molecule has 2 aliphatic heterocycles. The number of piperidine rings is 2. The van der Waals surface area contributed by atoms with Gasteiger partial charge in [0.05, 0.1) is 10.8 Å². The van der Waals surface area contributed by atoms with Crippen LogP contribution in [0.2, 0.25) is 0 Å². The Morgan fingerprint density at radius 1 is 0.500 bits per heavy atom. The van der Waals surface area contributed by atoms with Gasteiger partial charge >= 0.3 is 0 Å². The maximum atomic E-state index is 15.3. The molecule has 0 unspecified atom stereocenters. The summed E-state index contributed by atoms with van der Waals surface area (Å²) in [6.07, 6.45) is 14.8. The largest absolute Gasteiger partial charge is 0.297 e. The van der Waals surface area contributed by atoms with Crippen LogP contribution in [0.15, 0.2) is 135 Å². The first-order chi connectivity index (χ1) is 22.6. The number of carbonyl (C=O) groups is 1. The molecular weight excluding hydrogens is 576 g/mol. The van der Waals surface area contributed by atoms with Crippen LogP contribution in [0, 0.1) is 0 Å². The van der Waals surface area contributed by atoms with E-state index in [9.17, 15) is 0 Å². The average Bonchev–Trinajstić information content (AvgIpc) is 3.93. The van der Waals surface area contributed by atoms with Crippen molar-refractivity contribution in [2.24, 2.45) is 0 Å². The van der Waals surface area contributed by atoms with Gasteiger partial charge in [-0.2, -0.15) is 20.4 Å². The van der Waals surface area contributed by atoms with Crippen molar-refractivity contribution in [2.45, 2.75) is 23.2 Å². The van der Waals surface area contributed by atoms with E-state index in [0.717, 1.165) is 11.1 Å². The lowest BCUT2D eigenvalue weighted by Crippen LogP contribution is -2.74. The van der Waals surface area contributed by atoms with Crippen LogP contribution in [-0.2, 0) is 15.6 Å². The van der Waals surface area contributed by atoms with Gasteiger partial charge in [0.1, 0.15) is 0 Å². The van der Waals surface area contributed by atoms with Crippen molar-refractivity contribution in [2.75, 3.05) is 39.3 Å². The van der Waals surface area contributed by atoms with Gasteiger partial charge in [0.2, 0.25) is 0 Å². The van der Waals surface area contributed by atoms with Gasteiger partial charge in [-0.25, -0.2) is 18.7 Å². The highest BCUT2D eigenvalue weighted by Crippen LogP contribution is 2.47. The minimum atomic E-state index is -0.773. The van der Waals surface area contributed by atoms with Gasteiger partial charge in [-0.15, -0.1) is 0 Å². The summed E-state index contributed by atoms with van der Waals surface area (Å²) in [4.78, 5) is 20.2. The SMILES string of the molecule is O=C1C2(c3ccccc3)CN(CC(n3cccn3)n3cccn3)CC1(c1ccccc1)CN(CC(n1cccn1)n1cccn1)C2. The van der Waals surface area contributed by atoms with E-state index in [0.29, 0.717) is 39.3 Å². The van der Waals surface area contributed by atoms with Crippen LogP contribution in [0.4, 0.5) is 0 Å². The standard InChI is InChI=1S/C35H36N10O/c46-33-34(29-11-3-1-4-12-29)25-40(23-31(42-19-7-15-36-42)43-20-8-16-37-43)27-35(33,30-13-5-2-6-14-30)28-41(26-34)24-32(44-21-9-17-38-44)45-22-10-18-39-45/h1-22,31-32H,23-28H2. The molecule has 2 aromatic carbocycles. The average molecular weight is 613 g/mol. The van der Waals surface area contributed by atoms with Crippen molar-refractivity contribution in [3.05, 3.63) is 146 Å². The third-order valence-corrected chi connectivity index (χ3v) is 9.66. The highest BCUT2D eigenvalue weighted by atomic mass is 16.1. The smallest absolute Gasteiger partial charge is 0.159 e. The number of rotatable bonds is 10. The molecule has 8 rings (SSSR count). The Hall–Kier alpha value is -5.13. The molecule has 2 fully saturated rings. The Morgan fingerprint density at radius 2 is 0.826 bits per heavy atom. The number of carbonyl (C=O) groups excluding carboxylic acids is 1. The van der Waals surface area contributed by atoms with Gasteiger partial charge in [0.25, 0.3) is 0 Å². The minimum absolute atomic E-state index is 0.167. The molecule has 0 saturated carbocycles. The molecule has 6 heterocycles. The molecule has 2 aliphatic rings. The van der Waals surface area contributed by atoms with Crippen molar-refractivity contribution in [3.8, 4) is 0 Å². The number of fused-ring (bicyclic) bond motifs is 2. The predicted octanol–water partition coefficient (Wildman–Crippen LogP) is 3.34. The van der Waals surface area contributed by atoms with Crippen LogP contribution >= 0.6 is 0 Å². The number of hydrogen-bond acceptors (Lipinski definition) is 7. The molecule has 2 saturated heterocycles. The second-order valence-corrected chi connectivity index (χ2v) is 12.5. The summed E-state index contributed by atoms with van der Waals surface area (Å²) in [5.74, 6) is 0.286. The first-order valence-corrected chi connectivity index (χ1v) is 15.7. The number of ketones is 1. The topological polar surface area (TPSA) is 94.8 Å². The molecule has 232 valence electrons. The third kappa shape index (κ3) is 4.88. The van der Waals surface area contributed by atoms with E-state index in [2.05, 4.69) is 54.5 Å². The minimum Gasteiger partial charge on any atom is -0.297 e. The Balaban J connectivity index is 1.24. The summed E-state index contributed by atoms with van der Waals surface area (Å²) in [5.41, 5.74) is 0.536. The summed E-state index contributed by atoms with van der Waals surface area (Å²) in [6.45, 7) is 3.59. The van der Waals surface area contributed by atoms with Gasteiger partial charge in [0.15, 0.2) is 18.1 Å². The number of Topliss-reactive ketones (excluding diaryl/α,β-unsaturated/α-hetero) is 1. The number of benzene rings is 2. The molecule has 11 heteroatoms. The fourth-order valence-corrected chi connectivity index (χ4v) is 7.75. The van der Waals surface area contributed by atoms with Crippen LogP contribution in [-0.4, -0.2) is 94.0 Å². The number of hydrogen-bond donors (Lipinski definition) is 0. The summed E-state index contributed by atoms with van der Waals surface area (Å²) in [6, 6.07) is 28.5. The number of likely N-dealkylation sites (tertiary alicyclic amines) is 2. The molecular formula is C35H36N10O. The second kappa shape index (κ2) is 11.7. The first-order valence-electron chi connectivity index (χ1n) is 15.7. The van der Waals surface area contributed by atoms with Gasteiger partial charge in [-0.05, 0) is 35.4 Å². The highest BCUT2D eigenvalue weighted by Gasteiger charge is 2.61. The molecule has 0 aliphatic carbocycles. The lowest BCUT2D eigenvalue weighted by atomic mass is 9.57. The highest BCUT2D eigenvalue weighted by molar-refractivity contribution is 6.01. The normalized spacial score (nSPS) is 22.2. The van der Waals surface area contributed by atoms with E-state index in [4.69, 9.17) is 0 Å². The van der Waals surface area contributed by atoms with Crippen molar-refractivity contribution in [1.29, 1.82) is 0 Å². The van der Waals surface area contributed by atoms with E-state index < -0.39 is 10.8 Å². The quantitative estimate of drug-likeness (QED) is 0.234. The van der Waals surface area contributed by atoms with E-state index in [-0.39, 0.29) is 18.1 Å². The molecule has 2 bridgehead atoms. The lowest BCUT2D eigenvalue weighted by molar-refractivity contribution is -0.145. The fourth-order valence-electron chi connectivity index (χ4n) is 7.75. The van der Waals surface area contributed by atoms with Crippen molar-refractivity contribution in [1.82, 2.24) is 48.9 Å². The summed E-state index contributed by atoms with van der Waals surface area (Å²) in [7, 11) is 0. The first kappa shape index (κ1) is 28.4. The molecule has 6 aromatic rings. The monoisotopic (exact) mass is 612 g/mol. The van der Waals surface area contributed by atoms with Crippen LogP contribution in [0.1, 0.15) is 23.5 Å². The van der Waals surface area contributed by atoms with Gasteiger partial charge in [-0.1, -0.05) is 60.7 Å². The van der Waals surface area contributed by atoms with Crippen molar-refractivity contribution < 1.29 is 4.79 Å². The van der Waals surface area contributed by atoms with Gasteiger partial charge in [-0.3, -0.25) is 14.6 Å². The number of aromatic nitrogens is 8. The maximum absolute atomic E-state index is 15.3. The molecule has 0 radical (unpaired) electrons. The third-order valence-electron chi connectivity index (χ3n) is 9.66. The molecule has 11 nitrogen and oxygen atoms in total. The van der Waals surface area contributed by atoms with Gasteiger partial charge < -0.3 is 0 Å². The van der Waals surface area contributed by atoms with Crippen molar-refractivity contribution >= 4 is 5.78 Å². The predicted molar refractivity (Wildman–Crippen MR) is 172 cm³/mol. The molecule has 46 heavy (non-hydrogen) atoms. The molecule has 4 aromatic heterocycles. The summed E-state index contributed by atoms with van der Waals surface area (Å²) >= 11 is 0. The van der Waals surface area contributed by atoms with Crippen molar-refractivity contribution in [3.63, 3.8) is 0 Å². The molecule has 0 amide bonds. The van der Waals surface area contributed by atoms with E-state index in [1.807, 2.05) is 104 Å². The summed E-state index contributed by atoms with van der Waals surface area (Å²) in [5, 5.41) is 18.4. The van der Waals surface area contributed by atoms with Gasteiger partial charge in [0, 0.05) is 88.8 Å². The van der Waals surface area contributed by atoms with E-state index >= 15 is 4.79 Å². The van der Waals surface area contributed by atoms with E-state index in [1.54, 1.807) is 24.8 Å². The number of nitrogens with zero attached hydrogens (tertiary/aromatic N) is 10. The fraction of sp³-hybridized carbons (Fsp3) is 0.286. The Morgan fingerprint density at radius 3 is 1.11 bits per heavy atom. The Bertz CT molecular complexity index is 1620. The molecule has 0 N–H and O–H groups in total. The zero-order valence-corrected chi connectivity index (χ0v) is 25.5. The molecule has 0 atom stereocenters. The van der Waals surface area contributed by atoms with Crippen LogP contribution in [0.5, 0.6) is 0 Å². The second-order valence-electron chi connectivity index (χ2n) is 12.5. The van der Waals surface area contributed by atoms with Crippen LogP contribution in [0.25, 0.3) is 0 Å². The van der Waals surface area contributed by atoms with E-state index in [1.165, 1.54) is 0 Å². The molecule has 0 spiro atoms. The zero-order valence-electron chi connectivity index (χ0n) is 25.5.